The Morgan fingerprint density at radius 2 is 1.45 bits per heavy atom. The predicted molar refractivity (Wildman–Crippen MR) is 117 cm³/mol. The molecule has 3 aromatic rings. The fourth-order valence-electron chi connectivity index (χ4n) is 2.93. The van der Waals surface area contributed by atoms with E-state index >= 15 is 0 Å². The Hall–Kier alpha value is -4.06. The molecule has 0 bridgehead atoms. The third-order valence-electron chi connectivity index (χ3n) is 4.49. The van der Waals surface area contributed by atoms with Crippen LogP contribution in [0, 0.1) is 0 Å². The molecule has 0 fully saturated rings. The summed E-state index contributed by atoms with van der Waals surface area (Å²) in [6.07, 6.45) is 3.07. The number of allylic oxidation sites excluding steroid dienone is 1. The first-order valence-corrected chi connectivity index (χ1v) is 9.45. The third kappa shape index (κ3) is 5.30. The van der Waals surface area contributed by atoms with Crippen molar-refractivity contribution in [2.45, 2.75) is 0 Å². The van der Waals surface area contributed by atoms with Crippen LogP contribution in [0.1, 0.15) is 26.3 Å². The molecule has 0 aliphatic carbocycles. The van der Waals surface area contributed by atoms with Gasteiger partial charge in [0, 0.05) is 0 Å². The lowest BCUT2D eigenvalue weighted by Crippen LogP contribution is -2.10. The normalized spacial score (nSPS) is 10.5. The monoisotopic (exact) mass is 418 g/mol. The van der Waals surface area contributed by atoms with Gasteiger partial charge in [-0.3, -0.25) is 4.79 Å². The summed E-state index contributed by atoms with van der Waals surface area (Å²) >= 11 is 0. The Bertz CT molecular complexity index is 1120. The Labute approximate surface area is 180 Å². The molecule has 0 spiro atoms. The zero-order valence-electron chi connectivity index (χ0n) is 17.5. The van der Waals surface area contributed by atoms with Crippen LogP contribution in [0.4, 0.5) is 0 Å². The lowest BCUT2D eigenvalue weighted by atomic mass is 10.1. The molecule has 6 heteroatoms. The second-order valence-electron chi connectivity index (χ2n) is 6.43. The largest absolute Gasteiger partial charge is 0.497 e. The predicted octanol–water partition coefficient (Wildman–Crippen LogP) is 4.83. The van der Waals surface area contributed by atoms with Gasteiger partial charge in [0.25, 0.3) is 0 Å². The Kier molecular flexibility index (Phi) is 7.06. The minimum Gasteiger partial charge on any atom is -0.497 e. The minimum atomic E-state index is -0.532. The minimum absolute atomic E-state index is 0.243. The van der Waals surface area contributed by atoms with Crippen molar-refractivity contribution in [3.8, 4) is 23.0 Å². The number of esters is 1. The summed E-state index contributed by atoms with van der Waals surface area (Å²) < 4.78 is 21.1. The average Bonchev–Trinajstić information content (AvgIpc) is 2.82. The molecule has 0 amide bonds. The number of hydrogen-bond donors (Lipinski definition) is 0. The number of para-hydroxylation sites is 1. The molecule has 0 aromatic heterocycles. The van der Waals surface area contributed by atoms with Crippen LogP contribution in [0.5, 0.6) is 23.0 Å². The summed E-state index contributed by atoms with van der Waals surface area (Å²) in [4.78, 5) is 25.1. The molecule has 0 atom stereocenters. The van der Waals surface area contributed by atoms with Crippen molar-refractivity contribution in [1.82, 2.24) is 0 Å². The highest BCUT2D eigenvalue weighted by Gasteiger charge is 2.14. The molecule has 6 nitrogen and oxygen atoms in total. The van der Waals surface area contributed by atoms with Gasteiger partial charge in [0.05, 0.1) is 26.9 Å². The van der Waals surface area contributed by atoms with E-state index in [0.717, 1.165) is 0 Å². The van der Waals surface area contributed by atoms with Gasteiger partial charge >= 0.3 is 5.97 Å². The van der Waals surface area contributed by atoms with Crippen LogP contribution in [-0.2, 0) is 0 Å². The summed E-state index contributed by atoms with van der Waals surface area (Å²) in [6.45, 7) is 0. The van der Waals surface area contributed by atoms with E-state index in [-0.39, 0.29) is 5.78 Å². The van der Waals surface area contributed by atoms with E-state index in [9.17, 15) is 9.59 Å². The summed E-state index contributed by atoms with van der Waals surface area (Å²) in [6, 6.07) is 18.7. The maximum atomic E-state index is 12.7. The van der Waals surface area contributed by atoms with Crippen LogP contribution in [0.25, 0.3) is 6.08 Å². The van der Waals surface area contributed by atoms with E-state index in [1.807, 2.05) is 0 Å². The zero-order chi connectivity index (χ0) is 22.2. The topological polar surface area (TPSA) is 71.1 Å². The summed E-state index contributed by atoms with van der Waals surface area (Å²) in [5, 5.41) is 0. The van der Waals surface area contributed by atoms with Gasteiger partial charge in [0.15, 0.2) is 5.78 Å². The number of carbonyl (C=O) groups excluding carboxylic acids is 2. The molecule has 0 saturated heterocycles. The van der Waals surface area contributed by atoms with E-state index in [1.54, 1.807) is 72.8 Å². The molecule has 158 valence electrons. The Morgan fingerprint density at radius 3 is 2.19 bits per heavy atom. The molecular formula is C25H22O6. The van der Waals surface area contributed by atoms with Gasteiger partial charge in [-0.05, 0) is 54.1 Å². The summed E-state index contributed by atoms with van der Waals surface area (Å²) in [5.41, 5.74) is 1.41. The number of hydrogen-bond acceptors (Lipinski definition) is 6. The number of rotatable bonds is 8. The van der Waals surface area contributed by atoms with Crippen LogP contribution in [0.15, 0.2) is 72.8 Å². The van der Waals surface area contributed by atoms with Crippen LogP contribution in [-0.4, -0.2) is 33.1 Å². The molecular weight excluding hydrogens is 396 g/mol. The lowest BCUT2D eigenvalue weighted by molar-refractivity contribution is 0.0731. The van der Waals surface area contributed by atoms with Gasteiger partial charge in [0.1, 0.15) is 28.6 Å². The van der Waals surface area contributed by atoms with E-state index in [2.05, 4.69) is 0 Å². The van der Waals surface area contributed by atoms with Crippen LogP contribution in [0.2, 0.25) is 0 Å². The van der Waals surface area contributed by atoms with E-state index in [0.29, 0.717) is 39.7 Å². The second-order valence-corrected chi connectivity index (χ2v) is 6.43. The van der Waals surface area contributed by atoms with Crippen molar-refractivity contribution in [2.24, 2.45) is 0 Å². The maximum Gasteiger partial charge on any atom is 0.347 e. The van der Waals surface area contributed by atoms with Crippen molar-refractivity contribution in [3.63, 3.8) is 0 Å². The smallest absolute Gasteiger partial charge is 0.347 e. The maximum absolute atomic E-state index is 12.7. The molecule has 31 heavy (non-hydrogen) atoms. The van der Waals surface area contributed by atoms with Crippen LogP contribution in [0.3, 0.4) is 0 Å². The molecule has 3 aromatic carbocycles. The zero-order valence-corrected chi connectivity index (χ0v) is 17.5. The lowest BCUT2D eigenvalue weighted by Gasteiger charge is -2.09. The van der Waals surface area contributed by atoms with Crippen molar-refractivity contribution in [2.75, 3.05) is 21.3 Å². The number of ketones is 1. The SMILES string of the molecule is COc1ccc(OC)c(C(=O)C=Cc2cccc(OC(=O)c3ccccc3OC)c2)c1. The van der Waals surface area contributed by atoms with Crippen molar-refractivity contribution in [3.05, 3.63) is 89.5 Å². The highest BCUT2D eigenvalue weighted by molar-refractivity contribution is 6.09. The average molecular weight is 418 g/mol. The van der Waals surface area contributed by atoms with Crippen molar-refractivity contribution in [1.29, 1.82) is 0 Å². The molecule has 0 aliphatic rings. The first-order valence-electron chi connectivity index (χ1n) is 9.45. The van der Waals surface area contributed by atoms with Gasteiger partial charge in [-0.15, -0.1) is 0 Å². The number of benzene rings is 3. The Morgan fingerprint density at radius 1 is 0.710 bits per heavy atom. The van der Waals surface area contributed by atoms with E-state index < -0.39 is 5.97 Å². The number of carbonyl (C=O) groups is 2. The van der Waals surface area contributed by atoms with Gasteiger partial charge in [0.2, 0.25) is 0 Å². The number of methoxy groups -OCH3 is 3. The van der Waals surface area contributed by atoms with Crippen molar-refractivity contribution >= 4 is 17.8 Å². The van der Waals surface area contributed by atoms with Gasteiger partial charge in [-0.25, -0.2) is 4.79 Å². The third-order valence-corrected chi connectivity index (χ3v) is 4.49. The highest BCUT2D eigenvalue weighted by Crippen LogP contribution is 2.25. The Balaban J connectivity index is 1.77. The molecule has 0 N–H and O–H groups in total. The fraction of sp³-hybridized carbons (Fsp3) is 0.120. The van der Waals surface area contributed by atoms with Gasteiger partial charge in [-0.2, -0.15) is 0 Å². The van der Waals surface area contributed by atoms with Crippen LogP contribution < -0.4 is 18.9 Å². The summed E-state index contributed by atoms with van der Waals surface area (Å²) in [7, 11) is 4.53. The van der Waals surface area contributed by atoms with E-state index in [1.165, 1.54) is 27.4 Å². The molecule has 0 saturated carbocycles. The second kappa shape index (κ2) is 10.1. The van der Waals surface area contributed by atoms with Crippen molar-refractivity contribution < 1.29 is 28.5 Å². The van der Waals surface area contributed by atoms with Crippen LogP contribution >= 0.6 is 0 Å². The first kappa shape index (κ1) is 21.6. The molecule has 0 radical (unpaired) electrons. The highest BCUT2D eigenvalue weighted by atomic mass is 16.5. The quantitative estimate of drug-likeness (QED) is 0.226. The standard InChI is InChI=1S/C25H22O6/c1-28-18-12-14-24(30-3)21(16-18)22(26)13-11-17-7-6-8-19(15-17)31-25(27)20-9-4-5-10-23(20)29-2/h4-16H,1-3H3. The van der Waals surface area contributed by atoms with E-state index in [4.69, 9.17) is 18.9 Å². The molecule has 0 aliphatic heterocycles. The molecule has 0 unspecified atom stereocenters. The molecule has 3 rings (SSSR count). The first-order chi connectivity index (χ1) is 15.0. The van der Waals surface area contributed by atoms with Gasteiger partial charge in [-0.1, -0.05) is 30.3 Å². The number of ether oxygens (including phenoxy) is 4. The molecule has 0 heterocycles. The fourth-order valence-corrected chi connectivity index (χ4v) is 2.93. The van der Waals surface area contributed by atoms with Gasteiger partial charge < -0.3 is 18.9 Å². The summed E-state index contributed by atoms with van der Waals surface area (Å²) in [5.74, 6) is 1.02.